The Morgan fingerprint density at radius 1 is 1.26 bits per heavy atom. The maximum Gasteiger partial charge on any atom is 0.256 e. The number of hydrogen-bond donors (Lipinski definition) is 1. The number of halogens is 1. The molecule has 4 nitrogen and oxygen atoms in total. The number of fused-ring (bicyclic) bond motifs is 2. The Hall–Kier alpha value is -2.40. The summed E-state index contributed by atoms with van der Waals surface area (Å²) in [6, 6.07) is 13.8. The second kappa shape index (κ2) is 5.35. The number of hydrogen-bond acceptors (Lipinski definition) is 2. The molecule has 23 heavy (non-hydrogen) atoms. The molecule has 1 aromatic heterocycles. The van der Waals surface area contributed by atoms with Gasteiger partial charge in [0.15, 0.2) is 0 Å². The minimum Gasteiger partial charge on any atom is -0.325 e. The molecule has 4 rings (SSSR count). The normalized spacial score (nSPS) is 15.2. The van der Waals surface area contributed by atoms with Crippen LogP contribution in [0.4, 0.5) is 5.69 Å². The zero-order valence-corrected chi connectivity index (χ0v) is 14.1. The molecule has 1 aliphatic rings. The smallest absolute Gasteiger partial charge is 0.256 e. The average molecular weight is 368 g/mol. The van der Waals surface area contributed by atoms with Gasteiger partial charge in [0.05, 0.1) is 16.6 Å². The van der Waals surface area contributed by atoms with Crippen LogP contribution in [-0.4, -0.2) is 15.5 Å². The van der Waals surface area contributed by atoms with E-state index in [0.29, 0.717) is 5.57 Å². The molecule has 1 N–H and O–H groups in total. The molecular formula is C18H14BrN3O. The number of aryl methyl sites for hydroxylation is 1. The zero-order valence-electron chi connectivity index (χ0n) is 12.5. The Morgan fingerprint density at radius 3 is 2.91 bits per heavy atom. The Kier molecular flexibility index (Phi) is 3.31. The van der Waals surface area contributed by atoms with Gasteiger partial charge in [-0.1, -0.05) is 28.1 Å². The van der Waals surface area contributed by atoms with E-state index in [1.807, 2.05) is 48.5 Å². The third kappa shape index (κ3) is 2.28. The Bertz CT molecular complexity index is 972. The van der Waals surface area contributed by atoms with Crippen LogP contribution in [0.1, 0.15) is 18.3 Å². The molecule has 1 amide bonds. The SMILES string of the molecule is CCn1c(/C=C2/C(=O)Nc3ccc(Br)cc32)nc2ccccc21. The summed E-state index contributed by atoms with van der Waals surface area (Å²) in [6.07, 6.45) is 1.87. The van der Waals surface area contributed by atoms with Crippen LogP contribution in [0.15, 0.2) is 46.9 Å². The van der Waals surface area contributed by atoms with Crippen molar-refractivity contribution in [3.8, 4) is 0 Å². The maximum atomic E-state index is 12.3. The van der Waals surface area contributed by atoms with Gasteiger partial charge in [0.25, 0.3) is 5.91 Å². The van der Waals surface area contributed by atoms with Crippen molar-refractivity contribution in [2.75, 3.05) is 5.32 Å². The standard InChI is InChI=1S/C18H14BrN3O/c1-2-22-16-6-4-3-5-15(16)20-17(22)10-13-12-9-11(19)7-8-14(12)21-18(13)23/h3-10H,2H2,1H3,(H,21,23)/b13-10+. The van der Waals surface area contributed by atoms with Gasteiger partial charge in [-0.2, -0.15) is 0 Å². The third-order valence-corrected chi connectivity index (χ3v) is 4.53. The first kappa shape index (κ1) is 14.2. The highest BCUT2D eigenvalue weighted by atomic mass is 79.9. The van der Waals surface area contributed by atoms with E-state index in [9.17, 15) is 4.79 Å². The topological polar surface area (TPSA) is 46.9 Å². The van der Waals surface area contributed by atoms with Crippen LogP contribution in [-0.2, 0) is 11.3 Å². The van der Waals surface area contributed by atoms with Crippen molar-refractivity contribution in [3.05, 3.63) is 58.3 Å². The molecule has 0 unspecified atom stereocenters. The van der Waals surface area contributed by atoms with Gasteiger partial charge in [0.2, 0.25) is 0 Å². The fraction of sp³-hybridized carbons (Fsp3) is 0.111. The number of carbonyl (C=O) groups is 1. The molecule has 0 atom stereocenters. The maximum absolute atomic E-state index is 12.3. The summed E-state index contributed by atoms with van der Waals surface area (Å²) >= 11 is 3.47. The summed E-state index contributed by atoms with van der Waals surface area (Å²) in [5.74, 6) is 0.708. The molecule has 2 aromatic carbocycles. The lowest BCUT2D eigenvalue weighted by Gasteiger charge is -2.03. The number of imidazole rings is 1. The Labute approximate surface area is 142 Å². The van der Waals surface area contributed by atoms with E-state index >= 15 is 0 Å². The second-order valence-electron chi connectivity index (χ2n) is 5.41. The molecule has 0 aliphatic carbocycles. The fourth-order valence-corrected chi connectivity index (χ4v) is 3.33. The van der Waals surface area contributed by atoms with E-state index in [4.69, 9.17) is 0 Å². The molecule has 2 heterocycles. The van der Waals surface area contributed by atoms with E-state index < -0.39 is 0 Å². The molecule has 0 fully saturated rings. The number of anilines is 1. The van der Waals surface area contributed by atoms with Crippen molar-refractivity contribution in [3.63, 3.8) is 0 Å². The number of rotatable bonds is 2. The van der Waals surface area contributed by atoms with Crippen LogP contribution in [0.2, 0.25) is 0 Å². The molecule has 5 heteroatoms. The van der Waals surface area contributed by atoms with Crippen molar-refractivity contribution in [2.24, 2.45) is 0 Å². The summed E-state index contributed by atoms with van der Waals surface area (Å²) in [5.41, 5.74) is 4.40. The quantitative estimate of drug-likeness (QED) is 0.685. The first-order valence-electron chi connectivity index (χ1n) is 7.45. The number of nitrogens with one attached hydrogen (secondary N) is 1. The number of para-hydroxylation sites is 2. The van der Waals surface area contributed by atoms with Crippen molar-refractivity contribution >= 4 is 50.2 Å². The number of nitrogens with zero attached hydrogens (tertiary/aromatic N) is 2. The van der Waals surface area contributed by atoms with Gasteiger partial charge >= 0.3 is 0 Å². The van der Waals surface area contributed by atoms with Gasteiger partial charge < -0.3 is 9.88 Å². The van der Waals surface area contributed by atoms with Gasteiger partial charge in [0, 0.05) is 22.3 Å². The highest BCUT2D eigenvalue weighted by Gasteiger charge is 2.25. The van der Waals surface area contributed by atoms with E-state index in [0.717, 1.165) is 39.1 Å². The molecule has 0 spiro atoms. The molecule has 0 saturated carbocycles. The van der Waals surface area contributed by atoms with E-state index in [2.05, 4.69) is 37.7 Å². The van der Waals surface area contributed by atoms with E-state index in [-0.39, 0.29) is 5.91 Å². The van der Waals surface area contributed by atoms with Crippen LogP contribution in [0, 0.1) is 0 Å². The minimum atomic E-state index is -0.0900. The van der Waals surface area contributed by atoms with Crippen LogP contribution in [0.5, 0.6) is 0 Å². The lowest BCUT2D eigenvalue weighted by molar-refractivity contribution is -0.110. The highest BCUT2D eigenvalue weighted by Crippen LogP contribution is 2.35. The van der Waals surface area contributed by atoms with E-state index in [1.165, 1.54) is 0 Å². The first-order chi connectivity index (χ1) is 11.2. The van der Waals surface area contributed by atoms with Crippen LogP contribution >= 0.6 is 15.9 Å². The van der Waals surface area contributed by atoms with Crippen LogP contribution < -0.4 is 5.32 Å². The van der Waals surface area contributed by atoms with Crippen molar-refractivity contribution < 1.29 is 4.79 Å². The Morgan fingerprint density at radius 2 is 2.09 bits per heavy atom. The highest BCUT2D eigenvalue weighted by molar-refractivity contribution is 9.10. The van der Waals surface area contributed by atoms with Crippen LogP contribution in [0.3, 0.4) is 0 Å². The summed E-state index contributed by atoms with van der Waals surface area (Å²) in [5, 5.41) is 2.90. The summed E-state index contributed by atoms with van der Waals surface area (Å²) in [7, 11) is 0. The molecule has 1 aliphatic heterocycles. The van der Waals surface area contributed by atoms with Crippen LogP contribution in [0.25, 0.3) is 22.7 Å². The minimum absolute atomic E-state index is 0.0900. The molecule has 0 saturated heterocycles. The summed E-state index contributed by atoms with van der Waals surface area (Å²) in [6.45, 7) is 2.88. The largest absolute Gasteiger partial charge is 0.325 e. The predicted octanol–water partition coefficient (Wildman–Crippen LogP) is 4.31. The molecule has 0 bridgehead atoms. The molecule has 3 aromatic rings. The van der Waals surface area contributed by atoms with E-state index in [1.54, 1.807) is 0 Å². The Balaban J connectivity index is 1.92. The van der Waals surface area contributed by atoms with Gasteiger partial charge in [-0.15, -0.1) is 0 Å². The van der Waals surface area contributed by atoms with Crippen molar-refractivity contribution in [1.82, 2.24) is 9.55 Å². The molecular weight excluding hydrogens is 354 g/mol. The third-order valence-electron chi connectivity index (χ3n) is 4.04. The second-order valence-corrected chi connectivity index (χ2v) is 6.32. The predicted molar refractivity (Wildman–Crippen MR) is 96.0 cm³/mol. The van der Waals surface area contributed by atoms with Gasteiger partial charge in [0.1, 0.15) is 5.82 Å². The van der Waals surface area contributed by atoms with Gasteiger partial charge in [-0.05, 0) is 43.3 Å². The van der Waals surface area contributed by atoms with Crippen molar-refractivity contribution in [1.29, 1.82) is 0 Å². The lowest BCUT2D eigenvalue weighted by atomic mass is 10.1. The summed E-state index contributed by atoms with van der Waals surface area (Å²) < 4.78 is 3.06. The zero-order chi connectivity index (χ0) is 16.0. The number of amides is 1. The summed E-state index contributed by atoms with van der Waals surface area (Å²) in [4.78, 5) is 17.0. The van der Waals surface area contributed by atoms with Gasteiger partial charge in [-0.25, -0.2) is 4.98 Å². The monoisotopic (exact) mass is 367 g/mol. The number of aromatic nitrogens is 2. The molecule has 0 radical (unpaired) electrons. The fourth-order valence-electron chi connectivity index (χ4n) is 2.97. The molecule has 114 valence electrons. The van der Waals surface area contributed by atoms with Gasteiger partial charge in [-0.3, -0.25) is 4.79 Å². The lowest BCUT2D eigenvalue weighted by Crippen LogP contribution is -2.04. The van der Waals surface area contributed by atoms with Crippen molar-refractivity contribution in [2.45, 2.75) is 13.5 Å². The number of carbonyl (C=O) groups excluding carboxylic acids is 1. The average Bonchev–Trinajstić information content (AvgIpc) is 3.05. The first-order valence-corrected chi connectivity index (χ1v) is 8.25. The number of benzene rings is 2.